The number of carbonyl (C=O) groups excluding carboxylic acids is 3. The molecule has 7 N–H and O–H groups in total. The van der Waals surface area contributed by atoms with Crippen molar-refractivity contribution in [2.24, 2.45) is 5.41 Å². The summed E-state index contributed by atoms with van der Waals surface area (Å²) in [5.41, 5.74) is -1.62. The maximum Gasteiger partial charge on any atom is 0.326 e. The van der Waals surface area contributed by atoms with Gasteiger partial charge in [-0.1, -0.05) is 160 Å². The van der Waals surface area contributed by atoms with E-state index in [9.17, 15) is 39.0 Å². The smallest absolute Gasteiger partial charge is 0.326 e. The number of urea groups is 1. The highest BCUT2D eigenvalue weighted by molar-refractivity contribution is 5.86. The number of carbonyl (C=O) groups is 6. The van der Waals surface area contributed by atoms with E-state index in [2.05, 4.69) is 95.7 Å². The molecule has 17 heteroatoms. The summed E-state index contributed by atoms with van der Waals surface area (Å²) >= 11 is 0. The summed E-state index contributed by atoms with van der Waals surface area (Å²) in [6.45, 7) is 15.7. The van der Waals surface area contributed by atoms with Gasteiger partial charge in [0.25, 0.3) is 0 Å². The van der Waals surface area contributed by atoms with Crippen LogP contribution in [0.4, 0.5) is 4.79 Å². The van der Waals surface area contributed by atoms with Crippen molar-refractivity contribution in [2.75, 3.05) is 46.4 Å². The fraction of sp³-hybridized carbons (Fsp3) is 0.803. The fourth-order valence-corrected chi connectivity index (χ4v) is 10.7. The molecule has 88 heavy (non-hydrogen) atoms. The molecule has 1 fully saturated rings. The molecule has 4 amide bonds. The van der Waals surface area contributed by atoms with Gasteiger partial charge in [0, 0.05) is 38.9 Å². The first-order valence-corrected chi connectivity index (χ1v) is 34.9. The van der Waals surface area contributed by atoms with Gasteiger partial charge >= 0.3 is 23.9 Å². The number of allylic oxidation sites excluding steroid dienone is 8. The quantitative estimate of drug-likeness (QED) is 0.0222. The number of amides is 4. The zero-order chi connectivity index (χ0) is 65.0. The Morgan fingerprint density at radius 3 is 1.56 bits per heavy atom. The number of hydrogen-bond acceptors (Lipinski definition) is 10. The number of unbranched alkanes of at least 4 members (excludes halogenated alkanes) is 21. The maximum absolute atomic E-state index is 13.6. The van der Waals surface area contributed by atoms with Gasteiger partial charge in [-0.2, -0.15) is 0 Å². The van der Waals surface area contributed by atoms with Crippen molar-refractivity contribution in [2.45, 2.75) is 315 Å². The van der Waals surface area contributed by atoms with Crippen LogP contribution in [0.3, 0.4) is 0 Å². The normalized spacial score (nSPS) is 16.3. The van der Waals surface area contributed by atoms with E-state index in [0.29, 0.717) is 38.8 Å². The number of ether oxygens (including phenoxy) is 3. The van der Waals surface area contributed by atoms with Crippen molar-refractivity contribution >= 4 is 35.8 Å². The summed E-state index contributed by atoms with van der Waals surface area (Å²) in [6.07, 6.45) is 55.3. The first-order chi connectivity index (χ1) is 42.4. The van der Waals surface area contributed by atoms with Crippen LogP contribution in [0.15, 0.2) is 48.6 Å². The van der Waals surface area contributed by atoms with Gasteiger partial charge in [-0.15, -0.1) is 0 Å². The molecule has 1 aliphatic rings. The molecule has 0 aromatic heterocycles. The molecule has 508 valence electrons. The molecular formula is C71H127N5O12. The highest BCUT2D eigenvalue weighted by Crippen LogP contribution is 2.36. The molecule has 0 bridgehead atoms. The van der Waals surface area contributed by atoms with Gasteiger partial charge < -0.3 is 55.7 Å². The van der Waals surface area contributed by atoms with Gasteiger partial charge in [-0.25, -0.2) is 14.4 Å². The lowest BCUT2D eigenvalue weighted by Gasteiger charge is -2.34. The van der Waals surface area contributed by atoms with Crippen LogP contribution in [-0.4, -0.2) is 132 Å². The van der Waals surface area contributed by atoms with E-state index >= 15 is 0 Å². The van der Waals surface area contributed by atoms with Gasteiger partial charge in [0.15, 0.2) is 5.79 Å². The standard InChI is InChI=1S/C71H127N5O12/c1-8-12-14-16-18-20-22-24-26-28-30-32-34-36-38-42-51-71(52-43-39-37-35-33-31-29-27-25-23-21-19-17-15-13-9-2)86-58-60(88-71)50-56-76(7)55-46-40-44-54-73-67(84)69(5,10-3)59-87-70(6,11-4)57-63(77)72-53-45-41-47-61(65(80)81)74-68(85)75-62(66(82)83)48-49-64(78)79/h18-21,24-27,60-62H,8-17,22-23,28-59H2,1-7H3,(H,72,77)(H,73,84)(H,78,79)(H,80,81)(H,82,83)(H2,74,75,85)/b20-18-,21-19-,26-24-,27-25-/t60?,61-,62-,69?,70?/m1/s1. The lowest BCUT2D eigenvalue weighted by atomic mass is 9.86. The molecule has 0 saturated carbocycles. The van der Waals surface area contributed by atoms with Gasteiger partial charge in [0.05, 0.1) is 36.8 Å². The Labute approximate surface area is 533 Å². The molecule has 0 spiro atoms. The topological polar surface area (TPSA) is 242 Å². The van der Waals surface area contributed by atoms with Crippen LogP contribution in [0.2, 0.25) is 0 Å². The zero-order valence-electron chi connectivity index (χ0n) is 56.4. The third kappa shape index (κ3) is 42.4. The van der Waals surface area contributed by atoms with Crippen LogP contribution < -0.4 is 21.3 Å². The molecule has 0 radical (unpaired) electrons. The van der Waals surface area contributed by atoms with Crippen molar-refractivity contribution in [1.29, 1.82) is 0 Å². The minimum atomic E-state index is -1.50. The van der Waals surface area contributed by atoms with Crippen molar-refractivity contribution in [3.8, 4) is 0 Å². The molecule has 5 atom stereocenters. The Balaban J connectivity index is 2.51. The molecule has 1 saturated heterocycles. The van der Waals surface area contributed by atoms with Crippen LogP contribution in [-0.2, 0) is 38.2 Å². The largest absolute Gasteiger partial charge is 0.481 e. The van der Waals surface area contributed by atoms with Crippen LogP contribution in [0.5, 0.6) is 0 Å². The molecule has 0 aliphatic carbocycles. The van der Waals surface area contributed by atoms with Gasteiger partial charge in [0.1, 0.15) is 12.1 Å². The Hall–Kier alpha value is -4.58. The molecular weight excluding hydrogens is 1110 g/mol. The predicted molar refractivity (Wildman–Crippen MR) is 356 cm³/mol. The SMILES string of the molecule is CCCCC/C=C\C/C=C\CCCCCCCCC1(CCCCCCCC/C=C\C/C=C\CCCCC)OCC(CCN(C)CCCCCNC(=O)C(C)(CC)COC(C)(CC)CC(=O)NCCCC[C@@H](NC(=O)N[C@H](CCC(=O)O)C(=O)O)C(=O)O)O1. The monoisotopic (exact) mass is 1240 g/mol. The first kappa shape index (κ1) is 81.4. The summed E-state index contributed by atoms with van der Waals surface area (Å²) < 4.78 is 19.9. The number of nitrogens with zero attached hydrogens (tertiary/aromatic N) is 1. The minimum Gasteiger partial charge on any atom is -0.481 e. The van der Waals surface area contributed by atoms with E-state index in [4.69, 9.17) is 19.3 Å². The van der Waals surface area contributed by atoms with E-state index < -0.39 is 59.2 Å². The highest BCUT2D eigenvalue weighted by Gasteiger charge is 2.40. The fourth-order valence-electron chi connectivity index (χ4n) is 10.7. The lowest BCUT2D eigenvalue weighted by molar-refractivity contribution is -0.180. The predicted octanol–water partition coefficient (Wildman–Crippen LogP) is 15.5. The summed E-state index contributed by atoms with van der Waals surface area (Å²) in [6, 6.07) is -3.86. The molecule has 17 nitrogen and oxygen atoms in total. The van der Waals surface area contributed by atoms with Crippen LogP contribution in [0.1, 0.15) is 286 Å². The maximum atomic E-state index is 13.6. The second kappa shape index (κ2) is 52.1. The van der Waals surface area contributed by atoms with E-state index in [-0.39, 0.29) is 50.3 Å². The second-order valence-electron chi connectivity index (χ2n) is 25.4. The zero-order valence-corrected chi connectivity index (χ0v) is 56.4. The Kier molecular flexibility index (Phi) is 48.2. The van der Waals surface area contributed by atoms with E-state index in [1.54, 1.807) is 0 Å². The van der Waals surface area contributed by atoms with Crippen molar-refractivity contribution in [1.82, 2.24) is 26.2 Å². The first-order valence-electron chi connectivity index (χ1n) is 34.9. The highest BCUT2D eigenvalue weighted by atomic mass is 16.7. The van der Waals surface area contributed by atoms with Crippen LogP contribution in [0.25, 0.3) is 0 Å². The third-order valence-corrected chi connectivity index (χ3v) is 17.2. The number of carboxylic acid groups (broad SMARTS) is 3. The van der Waals surface area contributed by atoms with Crippen LogP contribution in [0, 0.1) is 5.41 Å². The number of aliphatic carboxylic acids is 3. The minimum absolute atomic E-state index is 0.0138. The molecule has 3 unspecified atom stereocenters. The third-order valence-electron chi connectivity index (χ3n) is 17.2. The van der Waals surface area contributed by atoms with Gasteiger partial charge in [-0.3, -0.25) is 14.4 Å². The van der Waals surface area contributed by atoms with Gasteiger partial charge in [-0.05, 0) is 162 Å². The van der Waals surface area contributed by atoms with E-state index in [1.807, 2.05) is 27.7 Å². The lowest BCUT2D eigenvalue weighted by Crippen LogP contribution is -2.51. The van der Waals surface area contributed by atoms with E-state index in [0.717, 1.165) is 77.3 Å². The van der Waals surface area contributed by atoms with Crippen LogP contribution >= 0.6 is 0 Å². The van der Waals surface area contributed by atoms with E-state index in [1.165, 1.54) is 128 Å². The van der Waals surface area contributed by atoms with Gasteiger partial charge in [0.2, 0.25) is 11.8 Å². The Bertz CT molecular complexity index is 1930. The molecule has 1 heterocycles. The van der Waals surface area contributed by atoms with Crippen molar-refractivity contribution < 1.29 is 58.3 Å². The summed E-state index contributed by atoms with van der Waals surface area (Å²) in [4.78, 5) is 75.4. The van der Waals surface area contributed by atoms with Crippen molar-refractivity contribution in [3.05, 3.63) is 48.6 Å². The number of rotatable bonds is 59. The Morgan fingerprint density at radius 2 is 1.06 bits per heavy atom. The second-order valence-corrected chi connectivity index (χ2v) is 25.4. The number of nitrogens with one attached hydrogen (secondary N) is 4. The number of carboxylic acids is 3. The molecule has 0 aromatic rings. The summed E-state index contributed by atoms with van der Waals surface area (Å²) in [5.74, 6) is -4.77. The van der Waals surface area contributed by atoms with Crippen molar-refractivity contribution in [3.63, 3.8) is 0 Å². The molecule has 0 aromatic carbocycles. The summed E-state index contributed by atoms with van der Waals surface area (Å²) in [7, 11) is 2.18. The molecule has 1 aliphatic heterocycles. The molecule has 1 rings (SSSR count). The summed E-state index contributed by atoms with van der Waals surface area (Å²) in [5, 5.41) is 38.1. The Morgan fingerprint density at radius 1 is 0.580 bits per heavy atom. The average molecular weight is 1240 g/mol. The average Bonchev–Trinajstić information content (AvgIpc) is 4.16. The number of hydrogen-bond donors (Lipinski definition) is 7.